The number of benzene rings is 1. The van der Waals surface area contributed by atoms with Crippen molar-refractivity contribution in [2.45, 2.75) is 0 Å². The lowest BCUT2D eigenvalue weighted by molar-refractivity contribution is 0.0600. The van der Waals surface area contributed by atoms with Gasteiger partial charge in [0.25, 0.3) is 5.91 Å². The second-order valence-corrected chi connectivity index (χ2v) is 4.01. The van der Waals surface area contributed by atoms with E-state index >= 15 is 0 Å². The van der Waals surface area contributed by atoms with E-state index in [0.717, 1.165) is 18.2 Å². The van der Waals surface area contributed by atoms with Crippen LogP contribution in [0.5, 0.6) is 0 Å². The van der Waals surface area contributed by atoms with Crippen LogP contribution in [0.4, 0.5) is 14.6 Å². The minimum atomic E-state index is -1.11. The van der Waals surface area contributed by atoms with Gasteiger partial charge in [-0.2, -0.15) is 0 Å². The number of pyridine rings is 1. The van der Waals surface area contributed by atoms with Crippen molar-refractivity contribution in [2.24, 2.45) is 0 Å². The minimum absolute atomic E-state index is 0.0484. The van der Waals surface area contributed by atoms with E-state index < -0.39 is 23.5 Å². The fourth-order valence-electron chi connectivity index (χ4n) is 1.53. The smallest absolute Gasteiger partial charge is 0.339 e. The van der Waals surface area contributed by atoms with Crippen molar-refractivity contribution in [3.05, 3.63) is 59.3 Å². The highest BCUT2D eigenvalue weighted by Gasteiger charge is 2.11. The SMILES string of the molecule is COC(=O)c1ccc(NC(=O)c2ccc(F)c(F)c2)nc1. The van der Waals surface area contributed by atoms with Crippen LogP contribution in [0.3, 0.4) is 0 Å². The molecule has 0 aliphatic carbocycles. The summed E-state index contributed by atoms with van der Waals surface area (Å²) in [5.41, 5.74) is 0.177. The fourth-order valence-corrected chi connectivity index (χ4v) is 1.53. The van der Waals surface area contributed by atoms with E-state index in [2.05, 4.69) is 15.0 Å². The molecular formula is C14H10F2N2O3. The van der Waals surface area contributed by atoms with Crippen LogP contribution in [-0.2, 0) is 4.74 Å². The number of nitrogens with one attached hydrogen (secondary N) is 1. The van der Waals surface area contributed by atoms with E-state index in [-0.39, 0.29) is 16.9 Å². The topological polar surface area (TPSA) is 68.3 Å². The molecule has 7 heteroatoms. The molecule has 1 N–H and O–H groups in total. The van der Waals surface area contributed by atoms with Gasteiger partial charge in [-0.05, 0) is 30.3 Å². The first-order valence-electron chi connectivity index (χ1n) is 5.82. The first-order chi connectivity index (χ1) is 10.0. The fraction of sp³-hybridized carbons (Fsp3) is 0.0714. The normalized spacial score (nSPS) is 10.0. The molecule has 0 bridgehead atoms. The average molecular weight is 292 g/mol. The van der Waals surface area contributed by atoms with Gasteiger partial charge >= 0.3 is 5.97 Å². The summed E-state index contributed by atoms with van der Waals surface area (Å²) in [6.45, 7) is 0. The van der Waals surface area contributed by atoms with Gasteiger partial charge < -0.3 is 10.1 Å². The van der Waals surface area contributed by atoms with Gasteiger partial charge in [-0.15, -0.1) is 0 Å². The quantitative estimate of drug-likeness (QED) is 0.882. The summed E-state index contributed by atoms with van der Waals surface area (Å²) in [6, 6.07) is 5.60. The molecule has 0 unspecified atom stereocenters. The number of rotatable bonds is 3. The van der Waals surface area contributed by atoms with Crippen LogP contribution in [-0.4, -0.2) is 24.0 Å². The molecule has 0 saturated heterocycles. The third-order valence-electron chi connectivity index (χ3n) is 2.61. The van der Waals surface area contributed by atoms with Crippen LogP contribution in [0, 0.1) is 11.6 Å². The summed E-state index contributed by atoms with van der Waals surface area (Å²) in [4.78, 5) is 26.9. The molecule has 0 radical (unpaired) electrons. The Morgan fingerprint density at radius 2 is 1.81 bits per heavy atom. The number of aromatic nitrogens is 1. The van der Waals surface area contributed by atoms with Crippen molar-refractivity contribution in [3.63, 3.8) is 0 Å². The highest BCUT2D eigenvalue weighted by Crippen LogP contribution is 2.12. The lowest BCUT2D eigenvalue weighted by atomic mass is 10.2. The first-order valence-corrected chi connectivity index (χ1v) is 5.82. The molecule has 5 nitrogen and oxygen atoms in total. The molecule has 0 fully saturated rings. The van der Waals surface area contributed by atoms with Crippen molar-refractivity contribution in [1.29, 1.82) is 0 Å². The zero-order valence-corrected chi connectivity index (χ0v) is 10.9. The maximum Gasteiger partial charge on any atom is 0.339 e. The van der Waals surface area contributed by atoms with Gasteiger partial charge in [0.05, 0.1) is 12.7 Å². The van der Waals surface area contributed by atoms with E-state index in [1.165, 1.54) is 25.4 Å². The van der Waals surface area contributed by atoms with Crippen LogP contribution in [0.1, 0.15) is 20.7 Å². The first kappa shape index (κ1) is 14.6. The maximum absolute atomic E-state index is 13.0. The van der Waals surface area contributed by atoms with Gasteiger partial charge in [-0.25, -0.2) is 18.6 Å². The summed E-state index contributed by atoms with van der Waals surface area (Å²) < 4.78 is 30.3. The van der Waals surface area contributed by atoms with Crippen molar-refractivity contribution < 1.29 is 23.1 Å². The van der Waals surface area contributed by atoms with E-state index in [1.807, 2.05) is 0 Å². The zero-order chi connectivity index (χ0) is 15.4. The van der Waals surface area contributed by atoms with Crippen molar-refractivity contribution >= 4 is 17.7 Å². The molecule has 2 rings (SSSR count). The van der Waals surface area contributed by atoms with Crippen LogP contribution in [0.2, 0.25) is 0 Å². The number of carbonyl (C=O) groups excluding carboxylic acids is 2. The van der Waals surface area contributed by atoms with Crippen LogP contribution < -0.4 is 5.32 Å². The number of halogens is 2. The Labute approximate surface area is 118 Å². The molecule has 0 spiro atoms. The molecule has 21 heavy (non-hydrogen) atoms. The number of methoxy groups -OCH3 is 1. The minimum Gasteiger partial charge on any atom is -0.465 e. The second kappa shape index (κ2) is 6.08. The molecule has 0 aliphatic heterocycles. The maximum atomic E-state index is 13.0. The van der Waals surface area contributed by atoms with E-state index in [4.69, 9.17) is 0 Å². The summed E-state index contributed by atoms with van der Waals surface area (Å²) in [5.74, 6) is -3.19. The number of carbonyl (C=O) groups is 2. The number of nitrogens with zero attached hydrogens (tertiary/aromatic N) is 1. The number of anilines is 1. The Morgan fingerprint density at radius 1 is 1.10 bits per heavy atom. The van der Waals surface area contributed by atoms with E-state index in [9.17, 15) is 18.4 Å². The third kappa shape index (κ3) is 3.38. The van der Waals surface area contributed by atoms with Crippen molar-refractivity contribution in [3.8, 4) is 0 Å². The molecular weight excluding hydrogens is 282 g/mol. The molecule has 0 aliphatic rings. The summed E-state index contributed by atoms with van der Waals surface area (Å²) in [6.07, 6.45) is 1.23. The number of esters is 1. The molecule has 1 heterocycles. The van der Waals surface area contributed by atoms with Crippen LogP contribution in [0.15, 0.2) is 36.5 Å². The predicted octanol–water partition coefficient (Wildman–Crippen LogP) is 2.40. The highest BCUT2D eigenvalue weighted by molar-refractivity contribution is 6.03. The van der Waals surface area contributed by atoms with Gasteiger partial charge in [0.2, 0.25) is 0 Å². The Morgan fingerprint density at radius 3 is 2.38 bits per heavy atom. The Hall–Kier alpha value is -2.83. The van der Waals surface area contributed by atoms with Crippen molar-refractivity contribution in [2.75, 3.05) is 12.4 Å². The lowest BCUT2D eigenvalue weighted by Crippen LogP contribution is -2.13. The number of hydrogen-bond donors (Lipinski definition) is 1. The predicted molar refractivity (Wildman–Crippen MR) is 69.9 cm³/mol. The molecule has 108 valence electrons. The lowest BCUT2D eigenvalue weighted by Gasteiger charge is -2.05. The standard InChI is InChI=1S/C14H10F2N2O3/c1-21-14(20)9-3-5-12(17-7-9)18-13(19)8-2-4-10(15)11(16)6-8/h2-7H,1H3,(H,17,18,19). The van der Waals surface area contributed by atoms with Gasteiger partial charge in [-0.3, -0.25) is 4.79 Å². The summed E-state index contributed by atoms with van der Waals surface area (Å²) in [5, 5.41) is 2.40. The van der Waals surface area contributed by atoms with Crippen LogP contribution in [0.25, 0.3) is 0 Å². The molecule has 1 amide bonds. The number of amides is 1. The molecule has 2 aromatic rings. The third-order valence-corrected chi connectivity index (χ3v) is 2.61. The second-order valence-electron chi connectivity index (χ2n) is 4.01. The van der Waals surface area contributed by atoms with E-state index in [1.54, 1.807) is 0 Å². The summed E-state index contributed by atoms with van der Waals surface area (Å²) >= 11 is 0. The number of ether oxygens (including phenoxy) is 1. The largest absolute Gasteiger partial charge is 0.465 e. The van der Waals surface area contributed by atoms with E-state index in [0.29, 0.717) is 0 Å². The number of hydrogen-bond acceptors (Lipinski definition) is 4. The Balaban J connectivity index is 2.12. The van der Waals surface area contributed by atoms with Gasteiger partial charge in [0.1, 0.15) is 5.82 Å². The summed E-state index contributed by atoms with van der Waals surface area (Å²) in [7, 11) is 1.24. The van der Waals surface area contributed by atoms with Crippen LogP contribution >= 0.6 is 0 Å². The average Bonchev–Trinajstić information content (AvgIpc) is 2.50. The van der Waals surface area contributed by atoms with Gasteiger partial charge in [0.15, 0.2) is 11.6 Å². The van der Waals surface area contributed by atoms with Crippen molar-refractivity contribution in [1.82, 2.24) is 4.98 Å². The zero-order valence-electron chi connectivity index (χ0n) is 10.9. The highest BCUT2D eigenvalue weighted by atomic mass is 19.2. The van der Waals surface area contributed by atoms with Gasteiger partial charge in [0, 0.05) is 11.8 Å². The Bertz CT molecular complexity index is 687. The Kier molecular flexibility index (Phi) is 4.22. The van der Waals surface area contributed by atoms with Gasteiger partial charge in [-0.1, -0.05) is 0 Å². The molecule has 0 atom stereocenters. The molecule has 1 aromatic carbocycles. The molecule has 0 saturated carbocycles. The molecule has 1 aromatic heterocycles. The monoisotopic (exact) mass is 292 g/mol.